The van der Waals surface area contributed by atoms with E-state index in [2.05, 4.69) is 79.4 Å². The van der Waals surface area contributed by atoms with Crippen LogP contribution >= 0.6 is 0 Å². The molecule has 1 heterocycles. The maximum absolute atomic E-state index is 5.77. The average Bonchev–Trinajstić information content (AvgIpc) is 3.07. The molecule has 21 heavy (non-hydrogen) atoms. The highest BCUT2D eigenvalue weighted by atomic mass is 16.6. The molecular formula is C19H23NO. The number of ether oxygens (including phenoxy) is 1. The van der Waals surface area contributed by atoms with Gasteiger partial charge in [0.25, 0.3) is 0 Å². The molecule has 0 amide bonds. The number of hydrogen-bond donors (Lipinski definition) is 0. The van der Waals surface area contributed by atoms with Crippen LogP contribution in [0.1, 0.15) is 25.0 Å². The SMILES string of the molecule is CC1(C)O[C@@H]1CN(Cc1ccccc1)Cc1ccccc1. The lowest BCUT2D eigenvalue weighted by Crippen LogP contribution is -2.29. The first-order valence-corrected chi connectivity index (χ1v) is 7.61. The van der Waals surface area contributed by atoms with E-state index in [9.17, 15) is 0 Å². The molecule has 1 aliphatic heterocycles. The summed E-state index contributed by atoms with van der Waals surface area (Å²) in [5, 5.41) is 0. The van der Waals surface area contributed by atoms with E-state index in [0.29, 0.717) is 6.10 Å². The first-order chi connectivity index (χ1) is 10.1. The van der Waals surface area contributed by atoms with Gasteiger partial charge in [-0.2, -0.15) is 0 Å². The van der Waals surface area contributed by atoms with Crippen molar-refractivity contribution in [3.05, 3.63) is 71.8 Å². The second-order valence-corrected chi connectivity index (χ2v) is 6.35. The Balaban J connectivity index is 1.68. The second kappa shape index (κ2) is 6.00. The van der Waals surface area contributed by atoms with Gasteiger partial charge in [-0.15, -0.1) is 0 Å². The summed E-state index contributed by atoms with van der Waals surface area (Å²) < 4.78 is 5.77. The Morgan fingerprint density at radius 3 is 1.67 bits per heavy atom. The van der Waals surface area contributed by atoms with Gasteiger partial charge in [0.05, 0.1) is 11.7 Å². The van der Waals surface area contributed by atoms with Crippen molar-refractivity contribution in [1.82, 2.24) is 4.90 Å². The van der Waals surface area contributed by atoms with Gasteiger partial charge in [-0.1, -0.05) is 60.7 Å². The fourth-order valence-corrected chi connectivity index (χ4v) is 2.69. The molecule has 0 N–H and O–H groups in total. The van der Waals surface area contributed by atoms with Gasteiger partial charge in [0.1, 0.15) is 0 Å². The zero-order chi connectivity index (χ0) is 14.7. The molecule has 1 saturated heterocycles. The predicted molar refractivity (Wildman–Crippen MR) is 86.0 cm³/mol. The first kappa shape index (κ1) is 14.3. The van der Waals surface area contributed by atoms with E-state index in [0.717, 1.165) is 19.6 Å². The van der Waals surface area contributed by atoms with Gasteiger partial charge >= 0.3 is 0 Å². The minimum absolute atomic E-state index is 0.0472. The van der Waals surface area contributed by atoms with Crippen molar-refractivity contribution >= 4 is 0 Å². The van der Waals surface area contributed by atoms with Crippen LogP contribution in [0, 0.1) is 0 Å². The quantitative estimate of drug-likeness (QED) is 0.747. The number of benzene rings is 2. The molecule has 0 aromatic heterocycles. The van der Waals surface area contributed by atoms with Crippen LogP contribution < -0.4 is 0 Å². The monoisotopic (exact) mass is 281 g/mol. The molecule has 0 saturated carbocycles. The summed E-state index contributed by atoms with van der Waals surface area (Å²) in [5.74, 6) is 0. The van der Waals surface area contributed by atoms with Crippen molar-refractivity contribution in [2.75, 3.05) is 6.54 Å². The van der Waals surface area contributed by atoms with Gasteiger partial charge < -0.3 is 4.74 Å². The fraction of sp³-hybridized carbons (Fsp3) is 0.368. The van der Waals surface area contributed by atoms with E-state index in [1.807, 2.05) is 0 Å². The molecule has 1 aliphatic rings. The van der Waals surface area contributed by atoms with Crippen molar-refractivity contribution in [2.24, 2.45) is 0 Å². The van der Waals surface area contributed by atoms with E-state index < -0.39 is 0 Å². The minimum atomic E-state index is 0.0472. The molecule has 1 atom stereocenters. The third-order valence-corrected chi connectivity index (χ3v) is 4.09. The summed E-state index contributed by atoms with van der Waals surface area (Å²) in [4.78, 5) is 2.48. The van der Waals surface area contributed by atoms with E-state index in [4.69, 9.17) is 4.74 Å². The molecule has 2 aromatic carbocycles. The zero-order valence-corrected chi connectivity index (χ0v) is 12.8. The Bertz CT molecular complexity index is 523. The van der Waals surface area contributed by atoms with E-state index in [1.165, 1.54) is 11.1 Å². The van der Waals surface area contributed by atoms with Crippen molar-refractivity contribution in [2.45, 2.75) is 38.6 Å². The van der Waals surface area contributed by atoms with Crippen molar-refractivity contribution in [3.8, 4) is 0 Å². The van der Waals surface area contributed by atoms with Crippen LogP contribution in [0.2, 0.25) is 0 Å². The summed E-state index contributed by atoms with van der Waals surface area (Å²) in [6.07, 6.45) is 0.352. The molecular weight excluding hydrogens is 258 g/mol. The Labute approximate surface area is 127 Å². The fourth-order valence-electron chi connectivity index (χ4n) is 2.69. The van der Waals surface area contributed by atoms with Gasteiger partial charge in [0.15, 0.2) is 0 Å². The van der Waals surface area contributed by atoms with Crippen molar-refractivity contribution in [1.29, 1.82) is 0 Å². The van der Waals surface area contributed by atoms with Gasteiger partial charge in [-0.05, 0) is 25.0 Å². The van der Waals surface area contributed by atoms with Gasteiger partial charge in [-0.25, -0.2) is 0 Å². The van der Waals surface area contributed by atoms with Gasteiger partial charge in [0.2, 0.25) is 0 Å². The Hall–Kier alpha value is -1.64. The van der Waals surface area contributed by atoms with Gasteiger partial charge in [0, 0.05) is 19.6 Å². The zero-order valence-electron chi connectivity index (χ0n) is 12.8. The van der Waals surface area contributed by atoms with Crippen molar-refractivity contribution < 1.29 is 4.74 Å². The highest BCUT2D eigenvalue weighted by Gasteiger charge is 2.48. The molecule has 0 aliphatic carbocycles. The number of nitrogens with zero attached hydrogens (tertiary/aromatic N) is 1. The molecule has 0 radical (unpaired) electrons. The number of epoxide rings is 1. The summed E-state index contributed by atoms with van der Waals surface area (Å²) in [5.41, 5.74) is 2.75. The normalized spacial score (nSPS) is 19.7. The van der Waals surface area contributed by atoms with Crippen LogP contribution in [0.25, 0.3) is 0 Å². The maximum Gasteiger partial charge on any atom is 0.0994 e. The molecule has 0 unspecified atom stereocenters. The largest absolute Gasteiger partial charge is 0.365 e. The molecule has 2 nitrogen and oxygen atoms in total. The van der Waals surface area contributed by atoms with Crippen LogP contribution in [0.3, 0.4) is 0 Å². The van der Waals surface area contributed by atoms with E-state index >= 15 is 0 Å². The number of rotatable bonds is 6. The summed E-state index contributed by atoms with van der Waals surface area (Å²) in [7, 11) is 0. The third-order valence-electron chi connectivity index (χ3n) is 4.09. The minimum Gasteiger partial charge on any atom is -0.365 e. The highest BCUT2D eigenvalue weighted by Crippen LogP contribution is 2.36. The molecule has 3 rings (SSSR count). The number of hydrogen-bond acceptors (Lipinski definition) is 2. The van der Waals surface area contributed by atoms with Crippen LogP contribution in [0.5, 0.6) is 0 Å². The lowest BCUT2D eigenvalue weighted by molar-refractivity contribution is 0.224. The summed E-state index contributed by atoms with van der Waals surface area (Å²) in [6.45, 7) is 7.25. The molecule has 110 valence electrons. The Morgan fingerprint density at radius 2 is 1.29 bits per heavy atom. The lowest BCUT2D eigenvalue weighted by Gasteiger charge is -2.22. The van der Waals surface area contributed by atoms with E-state index in [1.54, 1.807) is 0 Å². The Morgan fingerprint density at radius 1 is 0.857 bits per heavy atom. The Kier molecular flexibility index (Phi) is 4.09. The van der Waals surface area contributed by atoms with E-state index in [-0.39, 0.29) is 5.60 Å². The molecule has 2 heteroatoms. The smallest absolute Gasteiger partial charge is 0.0994 e. The predicted octanol–water partition coefficient (Wildman–Crippen LogP) is 3.87. The average molecular weight is 281 g/mol. The maximum atomic E-state index is 5.77. The second-order valence-electron chi connectivity index (χ2n) is 6.35. The highest BCUT2D eigenvalue weighted by molar-refractivity contribution is 5.17. The van der Waals surface area contributed by atoms with Crippen molar-refractivity contribution in [3.63, 3.8) is 0 Å². The van der Waals surface area contributed by atoms with Crippen LogP contribution in [0.15, 0.2) is 60.7 Å². The first-order valence-electron chi connectivity index (χ1n) is 7.61. The third kappa shape index (κ3) is 3.93. The van der Waals surface area contributed by atoms with Gasteiger partial charge in [-0.3, -0.25) is 4.90 Å². The van der Waals surface area contributed by atoms with Crippen LogP contribution in [-0.2, 0) is 17.8 Å². The topological polar surface area (TPSA) is 15.8 Å². The molecule has 2 aromatic rings. The summed E-state index contributed by atoms with van der Waals surface area (Å²) >= 11 is 0. The molecule has 0 bridgehead atoms. The lowest BCUT2D eigenvalue weighted by atomic mass is 10.1. The van der Waals surface area contributed by atoms with Crippen LogP contribution in [0.4, 0.5) is 0 Å². The molecule has 0 spiro atoms. The van der Waals surface area contributed by atoms with Crippen LogP contribution in [-0.4, -0.2) is 23.1 Å². The molecule has 1 fully saturated rings. The standard InChI is InChI=1S/C19H23NO/c1-19(2)18(21-19)15-20(13-16-9-5-3-6-10-16)14-17-11-7-4-8-12-17/h3-12,18H,13-15H2,1-2H3/t18-/m1/s1. The summed E-state index contributed by atoms with van der Waals surface area (Å²) in [6, 6.07) is 21.3.